The zero-order valence-electron chi connectivity index (χ0n) is 24.1. The van der Waals surface area contributed by atoms with Gasteiger partial charge in [-0.05, 0) is 24.2 Å². The maximum absolute atomic E-state index is 13.3. The summed E-state index contributed by atoms with van der Waals surface area (Å²) in [6, 6.07) is 0. The van der Waals surface area contributed by atoms with Crippen molar-refractivity contribution in [3.05, 3.63) is 24.5 Å². The molecule has 0 aromatic heterocycles. The number of carbonyl (C=O) groups is 3. The zero-order valence-corrected chi connectivity index (χ0v) is 24.1. The number of aliphatic hydroxyl groups excluding tert-OH is 5. The van der Waals surface area contributed by atoms with E-state index in [1.165, 1.54) is 13.2 Å². The Kier molecular flexibility index (Phi) is 10.8. The van der Waals surface area contributed by atoms with E-state index in [2.05, 4.69) is 6.58 Å². The molecule has 2 saturated heterocycles. The first-order valence-corrected chi connectivity index (χ1v) is 14.1. The summed E-state index contributed by atoms with van der Waals surface area (Å²) in [6.45, 7) is 5.15. The lowest BCUT2D eigenvalue weighted by Gasteiger charge is -2.43. The van der Waals surface area contributed by atoms with Crippen molar-refractivity contribution in [2.75, 3.05) is 27.4 Å². The van der Waals surface area contributed by atoms with Crippen LogP contribution in [0.2, 0.25) is 0 Å². The number of esters is 3. The number of aliphatic hydroxyl groups is 5. The number of carbonyl (C=O) groups excluding carboxylic acids is 3. The van der Waals surface area contributed by atoms with Gasteiger partial charge in [-0.15, -0.1) is 6.58 Å². The molecule has 43 heavy (non-hydrogen) atoms. The van der Waals surface area contributed by atoms with Crippen molar-refractivity contribution in [2.24, 2.45) is 35.5 Å². The molecule has 1 saturated carbocycles. The number of ether oxygens (including phenoxy) is 7. The molecule has 0 amide bonds. The van der Waals surface area contributed by atoms with Gasteiger partial charge in [-0.2, -0.15) is 0 Å². The highest BCUT2D eigenvalue weighted by Crippen LogP contribution is 2.47. The third-order valence-electron chi connectivity index (χ3n) is 9.00. The molecule has 15 heteroatoms. The summed E-state index contributed by atoms with van der Waals surface area (Å²) in [5.74, 6) is -5.53. The SMILES string of the molecule is C=CC1C(OC2OC(CO)C(O)C(O)C2O)OC=C(C(=O)OC)C1CC(=O)OC1CC2C(COC(O)C2C(=O)OC)C1C. The lowest BCUT2D eigenvalue weighted by molar-refractivity contribution is -0.339. The van der Waals surface area contributed by atoms with Crippen LogP contribution in [-0.2, 0) is 47.5 Å². The maximum Gasteiger partial charge on any atom is 0.337 e. The smallest absolute Gasteiger partial charge is 0.337 e. The van der Waals surface area contributed by atoms with Gasteiger partial charge in [-0.25, -0.2) is 4.79 Å². The molecule has 4 aliphatic rings. The van der Waals surface area contributed by atoms with Gasteiger partial charge in [-0.1, -0.05) is 13.0 Å². The first-order chi connectivity index (χ1) is 20.5. The van der Waals surface area contributed by atoms with Crippen LogP contribution < -0.4 is 0 Å². The van der Waals surface area contributed by atoms with E-state index in [1.54, 1.807) is 0 Å². The second kappa shape index (κ2) is 14.0. The molecule has 3 fully saturated rings. The molecule has 3 heterocycles. The molecule has 3 aliphatic heterocycles. The summed E-state index contributed by atoms with van der Waals surface area (Å²) in [7, 11) is 2.38. The normalized spacial score (nSPS) is 42.6. The summed E-state index contributed by atoms with van der Waals surface area (Å²) < 4.78 is 37.8. The van der Waals surface area contributed by atoms with Crippen molar-refractivity contribution in [1.29, 1.82) is 0 Å². The fourth-order valence-electron chi connectivity index (χ4n) is 6.50. The van der Waals surface area contributed by atoms with Gasteiger partial charge in [0.1, 0.15) is 36.4 Å². The van der Waals surface area contributed by atoms with Crippen LogP contribution in [0.3, 0.4) is 0 Å². The molecule has 0 radical (unpaired) electrons. The fourth-order valence-corrected chi connectivity index (χ4v) is 6.50. The molecule has 15 nitrogen and oxygen atoms in total. The highest BCUT2D eigenvalue weighted by atomic mass is 16.8. The van der Waals surface area contributed by atoms with Crippen LogP contribution in [0.25, 0.3) is 0 Å². The van der Waals surface area contributed by atoms with Crippen molar-refractivity contribution < 1.29 is 73.1 Å². The topological polar surface area (TPSA) is 217 Å². The van der Waals surface area contributed by atoms with E-state index in [0.717, 1.165) is 13.4 Å². The fraction of sp³-hybridized carbons (Fsp3) is 0.750. The third kappa shape index (κ3) is 6.59. The largest absolute Gasteiger partial charge is 0.471 e. The van der Waals surface area contributed by atoms with Gasteiger partial charge < -0.3 is 58.7 Å². The van der Waals surface area contributed by atoms with Crippen molar-refractivity contribution in [2.45, 2.75) is 69.2 Å². The molecule has 4 rings (SSSR count). The van der Waals surface area contributed by atoms with Crippen LogP contribution >= 0.6 is 0 Å². The monoisotopic (exact) mass is 616 g/mol. The molecule has 14 unspecified atom stereocenters. The van der Waals surface area contributed by atoms with Crippen molar-refractivity contribution in [3.8, 4) is 0 Å². The molecule has 0 aromatic rings. The van der Waals surface area contributed by atoms with Crippen LogP contribution in [0.15, 0.2) is 24.5 Å². The van der Waals surface area contributed by atoms with Gasteiger partial charge in [0.15, 0.2) is 12.6 Å². The molecule has 1 aliphatic carbocycles. The van der Waals surface area contributed by atoms with Gasteiger partial charge >= 0.3 is 17.9 Å². The minimum Gasteiger partial charge on any atom is -0.471 e. The summed E-state index contributed by atoms with van der Waals surface area (Å²) in [6.07, 6.45) is -8.63. The van der Waals surface area contributed by atoms with E-state index in [-0.39, 0.29) is 36.4 Å². The number of hydrogen-bond donors (Lipinski definition) is 5. The van der Waals surface area contributed by atoms with Gasteiger partial charge in [0.25, 0.3) is 0 Å². The van der Waals surface area contributed by atoms with E-state index in [9.17, 15) is 39.9 Å². The maximum atomic E-state index is 13.3. The third-order valence-corrected chi connectivity index (χ3v) is 9.00. The van der Waals surface area contributed by atoms with Crippen LogP contribution in [0.4, 0.5) is 0 Å². The van der Waals surface area contributed by atoms with Crippen LogP contribution in [0.5, 0.6) is 0 Å². The van der Waals surface area contributed by atoms with Crippen LogP contribution in [0, 0.1) is 35.5 Å². The second-order valence-electron chi connectivity index (χ2n) is 11.2. The van der Waals surface area contributed by atoms with Crippen LogP contribution in [0.1, 0.15) is 19.8 Å². The van der Waals surface area contributed by atoms with Crippen molar-refractivity contribution >= 4 is 17.9 Å². The minimum absolute atomic E-state index is 0.00609. The average molecular weight is 617 g/mol. The number of hydrogen-bond acceptors (Lipinski definition) is 15. The Hall–Kier alpha value is -2.63. The van der Waals surface area contributed by atoms with E-state index < -0.39 is 91.7 Å². The predicted octanol–water partition coefficient (Wildman–Crippen LogP) is -1.65. The Bertz CT molecular complexity index is 1060. The minimum atomic E-state index is -1.72. The lowest BCUT2D eigenvalue weighted by atomic mass is 9.79. The first-order valence-electron chi connectivity index (χ1n) is 14.1. The van der Waals surface area contributed by atoms with E-state index >= 15 is 0 Å². The highest BCUT2D eigenvalue weighted by Gasteiger charge is 2.54. The Morgan fingerprint density at radius 2 is 1.77 bits per heavy atom. The standard InChI is InChI=1S/C28H40O15/c1-5-12-13(7-19(30)41-17-6-14-15(11(17)2)9-39-26(36)20(14)25(35)38-4)16(24(34)37-3)10-40-27(12)43-28-23(33)22(32)21(31)18(8-29)42-28/h5,10-15,17-18,20-23,26-29,31-33,36H,1,6-9H2,2-4H3. The molecule has 0 spiro atoms. The lowest BCUT2D eigenvalue weighted by Crippen LogP contribution is -2.60. The second-order valence-corrected chi connectivity index (χ2v) is 11.2. The average Bonchev–Trinajstić information content (AvgIpc) is 3.30. The molecule has 5 N–H and O–H groups in total. The van der Waals surface area contributed by atoms with Crippen molar-refractivity contribution in [3.63, 3.8) is 0 Å². The number of rotatable bonds is 9. The van der Waals surface area contributed by atoms with E-state index in [1.807, 2.05) is 6.92 Å². The Labute approximate surface area is 247 Å². The number of fused-ring (bicyclic) bond motifs is 1. The van der Waals surface area contributed by atoms with Gasteiger partial charge in [0.2, 0.25) is 6.29 Å². The van der Waals surface area contributed by atoms with Gasteiger partial charge in [-0.3, -0.25) is 9.59 Å². The molecule has 14 atom stereocenters. The molecule has 242 valence electrons. The Morgan fingerprint density at radius 1 is 1.05 bits per heavy atom. The van der Waals surface area contributed by atoms with Gasteiger partial charge in [0.05, 0.1) is 45.7 Å². The Morgan fingerprint density at radius 3 is 2.40 bits per heavy atom. The quantitative estimate of drug-likeness (QED) is 0.111. The predicted molar refractivity (Wildman–Crippen MR) is 140 cm³/mol. The number of methoxy groups -OCH3 is 2. The summed E-state index contributed by atoms with van der Waals surface area (Å²) in [5, 5.41) is 50.4. The Balaban J connectivity index is 1.49. The first kappa shape index (κ1) is 33.3. The highest BCUT2D eigenvalue weighted by molar-refractivity contribution is 5.90. The summed E-state index contributed by atoms with van der Waals surface area (Å²) in [5.41, 5.74) is -0.00609. The van der Waals surface area contributed by atoms with Crippen LogP contribution in [-0.4, -0.2) is 120 Å². The van der Waals surface area contributed by atoms with E-state index in [0.29, 0.717) is 6.42 Å². The molecule has 0 aromatic carbocycles. The summed E-state index contributed by atoms with van der Waals surface area (Å²) in [4.78, 5) is 38.3. The molecular formula is C28H40O15. The van der Waals surface area contributed by atoms with Crippen molar-refractivity contribution in [1.82, 2.24) is 0 Å². The summed E-state index contributed by atoms with van der Waals surface area (Å²) >= 11 is 0. The van der Waals surface area contributed by atoms with Gasteiger partial charge in [0, 0.05) is 11.8 Å². The molecular weight excluding hydrogens is 576 g/mol. The van der Waals surface area contributed by atoms with E-state index in [4.69, 9.17) is 33.2 Å². The zero-order chi connectivity index (χ0) is 31.6. The molecule has 0 bridgehead atoms.